The van der Waals surface area contributed by atoms with Gasteiger partial charge in [-0.1, -0.05) is 24.3 Å². The Bertz CT molecular complexity index is 1030. The van der Waals surface area contributed by atoms with E-state index in [0.717, 1.165) is 11.1 Å². The molecule has 0 aliphatic heterocycles. The highest BCUT2D eigenvalue weighted by atomic mass is 127. The summed E-state index contributed by atoms with van der Waals surface area (Å²) in [5, 5.41) is 6.45. The van der Waals surface area contributed by atoms with Gasteiger partial charge in [-0.3, -0.25) is 4.99 Å². The highest BCUT2D eigenvalue weighted by molar-refractivity contribution is 14.0. The quantitative estimate of drug-likeness (QED) is 0.225. The Morgan fingerprint density at radius 2 is 1.70 bits per heavy atom. The molecule has 1 heterocycles. The average molecular weight is 566 g/mol. The van der Waals surface area contributed by atoms with Crippen LogP contribution in [-0.2, 0) is 13.0 Å². The van der Waals surface area contributed by atoms with Crippen molar-refractivity contribution in [3.8, 4) is 23.1 Å². The lowest BCUT2D eigenvalue weighted by atomic mass is 10.1. The zero-order valence-corrected chi connectivity index (χ0v) is 21.1. The number of nitrogens with zero attached hydrogens (tertiary/aromatic N) is 2. The molecule has 3 rings (SSSR count). The number of aliphatic imine (C=N–C) groups is 1. The summed E-state index contributed by atoms with van der Waals surface area (Å²) in [5.41, 5.74) is 1.89. The average Bonchev–Trinajstić information content (AvgIpc) is 2.82. The van der Waals surface area contributed by atoms with Crippen LogP contribution >= 0.6 is 24.0 Å². The Balaban J connectivity index is 0.00000385. The van der Waals surface area contributed by atoms with Crippen LogP contribution in [-0.4, -0.2) is 38.8 Å². The minimum absolute atomic E-state index is 0. The number of pyridine rings is 1. The Hall–Kier alpha value is -3.08. The first-order chi connectivity index (χ1) is 15.6. The van der Waals surface area contributed by atoms with Crippen molar-refractivity contribution in [1.29, 1.82) is 0 Å². The fourth-order valence-electron chi connectivity index (χ4n) is 3.02. The van der Waals surface area contributed by atoms with Crippen molar-refractivity contribution in [2.75, 3.05) is 27.8 Å². The van der Waals surface area contributed by atoms with E-state index in [1.807, 2.05) is 18.2 Å². The van der Waals surface area contributed by atoms with Gasteiger partial charge in [-0.25, -0.2) is 9.37 Å². The van der Waals surface area contributed by atoms with E-state index < -0.39 is 0 Å². The van der Waals surface area contributed by atoms with Crippen LogP contribution in [0.1, 0.15) is 11.1 Å². The summed E-state index contributed by atoms with van der Waals surface area (Å²) in [4.78, 5) is 8.58. The van der Waals surface area contributed by atoms with E-state index in [1.54, 1.807) is 51.7 Å². The number of methoxy groups -OCH3 is 2. The third-order valence-electron chi connectivity index (χ3n) is 4.67. The summed E-state index contributed by atoms with van der Waals surface area (Å²) in [6.07, 6.45) is 2.42. The molecule has 2 N–H and O–H groups in total. The van der Waals surface area contributed by atoms with Crippen molar-refractivity contribution < 1.29 is 18.6 Å². The highest BCUT2D eigenvalue weighted by Crippen LogP contribution is 2.39. The van der Waals surface area contributed by atoms with Gasteiger partial charge in [-0.2, -0.15) is 0 Å². The van der Waals surface area contributed by atoms with Crippen molar-refractivity contribution in [3.05, 3.63) is 77.7 Å². The van der Waals surface area contributed by atoms with E-state index in [0.29, 0.717) is 48.6 Å². The maximum absolute atomic E-state index is 13.3. The molecule has 0 spiro atoms. The topological polar surface area (TPSA) is 77.0 Å². The van der Waals surface area contributed by atoms with Gasteiger partial charge < -0.3 is 24.8 Å². The second-order valence-corrected chi connectivity index (χ2v) is 6.83. The first-order valence-corrected chi connectivity index (χ1v) is 10.2. The van der Waals surface area contributed by atoms with Crippen LogP contribution in [0, 0.1) is 5.82 Å². The maximum atomic E-state index is 13.3. The number of rotatable bonds is 9. The maximum Gasteiger partial charge on any atom is 0.219 e. The van der Waals surface area contributed by atoms with E-state index in [-0.39, 0.29) is 29.8 Å². The molecule has 0 saturated carbocycles. The molecule has 7 nitrogen and oxygen atoms in total. The first kappa shape index (κ1) is 26.2. The number of guanidine groups is 1. The predicted octanol–water partition coefficient (Wildman–Crippen LogP) is 4.56. The number of nitrogens with one attached hydrogen (secondary N) is 2. The molecule has 0 aliphatic rings. The highest BCUT2D eigenvalue weighted by Gasteiger charge is 2.13. The molecule has 0 atom stereocenters. The molecular formula is C24H28FIN4O3. The summed E-state index contributed by atoms with van der Waals surface area (Å²) >= 11 is 0. The zero-order valence-electron chi connectivity index (χ0n) is 18.8. The van der Waals surface area contributed by atoms with Crippen LogP contribution < -0.4 is 24.8 Å². The largest absolute Gasteiger partial charge is 0.493 e. The monoisotopic (exact) mass is 566 g/mol. The van der Waals surface area contributed by atoms with Crippen molar-refractivity contribution in [2.24, 2.45) is 4.99 Å². The number of aromatic nitrogens is 1. The summed E-state index contributed by atoms with van der Waals surface area (Å²) in [6, 6.07) is 15.7. The number of ether oxygens (including phenoxy) is 3. The molecule has 33 heavy (non-hydrogen) atoms. The third-order valence-corrected chi connectivity index (χ3v) is 4.67. The summed E-state index contributed by atoms with van der Waals surface area (Å²) in [5.74, 6) is 2.44. The van der Waals surface area contributed by atoms with Crippen LogP contribution in [0.2, 0.25) is 0 Å². The van der Waals surface area contributed by atoms with Gasteiger partial charge in [0.25, 0.3) is 0 Å². The predicted molar refractivity (Wildman–Crippen MR) is 138 cm³/mol. The van der Waals surface area contributed by atoms with Crippen LogP contribution in [0.4, 0.5) is 4.39 Å². The minimum atomic E-state index is -0.228. The van der Waals surface area contributed by atoms with E-state index in [9.17, 15) is 4.39 Å². The van der Waals surface area contributed by atoms with Crippen molar-refractivity contribution in [2.45, 2.75) is 13.0 Å². The fourth-order valence-corrected chi connectivity index (χ4v) is 3.02. The zero-order chi connectivity index (χ0) is 22.8. The molecule has 176 valence electrons. The van der Waals surface area contributed by atoms with Gasteiger partial charge >= 0.3 is 0 Å². The molecule has 3 aromatic rings. The van der Waals surface area contributed by atoms with Crippen LogP contribution in [0.25, 0.3) is 0 Å². The SMILES string of the molecule is CN=C(NCCc1cccc(F)c1)NCc1ccc(Oc2c(OC)cccc2OC)nc1.I. The van der Waals surface area contributed by atoms with Gasteiger partial charge in [0.05, 0.1) is 14.2 Å². The molecule has 0 unspecified atom stereocenters. The Labute approximate surface area is 210 Å². The second kappa shape index (κ2) is 13.5. The molecule has 0 aliphatic carbocycles. The Morgan fingerprint density at radius 3 is 2.30 bits per heavy atom. The number of benzene rings is 2. The second-order valence-electron chi connectivity index (χ2n) is 6.83. The first-order valence-electron chi connectivity index (χ1n) is 10.2. The minimum Gasteiger partial charge on any atom is -0.493 e. The fraction of sp³-hybridized carbons (Fsp3) is 0.250. The Kier molecular flexibility index (Phi) is 10.7. The molecule has 0 saturated heterocycles. The van der Waals surface area contributed by atoms with Crippen molar-refractivity contribution in [3.63, 3.8) is 0 Å². The van der Waals surface area contributed by atoms with Gasteiger partial charge in [0.1, 0.15) is 5.82 Å². The molecule has 0 bridgehead atoms. The number of hydrogen-bond donors (Lipinski definition) is 2. The van der Waals surface area contributed by atoms with E-state index in [1.165, 1.54) is 12.1 Å². The summed E-state index contributed by atoms with van der Waals surface area (Å²) < 4.78 is 29.8. The lowest BCUT2D eigenvalue weighted by Gasteiger charge is -2.14. The van der Waals surface area contributed by atoms with Crippen LogP contribution in [0.5, 0.6) is 23.1 Å². The van der Waals surface area contributed by atoms with E-state index in [2.05, 4.69) is 20.6 Å². The van der Waals surface area contributed by atoms with Gasteiger partial charge in [0.2, 0.25) is 11.6 Å². The molecule has 0 amide bonds. The molecule has 2 aromatic carbocycles. The third kappa shape index (κ3) is 7.77. The van der Waals surface area contributed by atoms with Gasteiger partial charge in [-0.15, -0.1) is 24.0 Å². The van der Waals surface area contributed by atoms with Gasteiger partial charge in [0.15, 0.2) is 17.5 Å². The number of para-hydroxylation sites is 1. The normalized spacial score (nSPS) is 10.7. The van der Waals surface area contributed by atoms with Crippen LogP contribution in [0.3, 0.4) is 0 Å². The summed E-state index contributed by atoms with van der Waals surface area (Å²) in [7, 11) is 4.85. The van der Waals surface area contributed by atoms with Gasteiger partial charge in [-0.05, 0) is 41.8 Å². The smallest absolute Gasteiger partial charge is 0.219 e. The molecule has 1 aromatic heterocycles. The van der Waals surface area contributed by atoms with Crippen molar-refractivity contribution >= 4 is 29.9 Å². The molecule has 0 fully saturated rings. The summed E-state index contributed by atoms with van der Waals surface area (Å²) in [6.45, 7) is 1.17. The van der Waals surface area contributed by atoms with Crippen LogP contribution in [0.15, 0.2) is 65.8 Å². The standard InChI is InChI=1S/C24H27FN4O3.HI/c1-26-24(27-13-12-17-6-4-7-19(25)14-17)29-16-18-10-11-22(28-15-18)32-23-20(30-2)8-5-9-21(23)31-3;/h4-11,14-15H,12-13,16H2,1-3H3,(H2,26,27,29);1H. The number of hydrogen-bond acceptors (Lipinski definition) is 5. The Morgan fingerprint density at radius 1 is 0.970 bits per heavy atom. The van der Waals surface area contributed by atoms with Gasteiger partial charge in [0, 0.05) is 32.4 Å². The number of halogens is 2. The van der Waals surface area contributed by atoms with E-state index in [4.69, 9.17) is 14.2 Å². The van der Waals surface area contributed by atoms with E-state index >= 15 is 0 Å². The molecule has 0 radical (unpaired) electrons. The molecular weight excluding hydrogens is 538 g/mol. The van der Waals surface area contributed by atoms with Crippen molar-refractivity contribution in [1.82, 2.24) is 15.6 Å². The lowest BCUT2D eigenvalue weighted by molar-refractivity contribution is 0.342. The lowest BCUT2D eigenvalue weighted by Crippen LogP contribution is -2.37. The molecule has 9 heteroatoms.